The van der Waals surface area contributed by atoms with Gasteiger partial charge in [-0.15, -0.1) is 0 Å². The molecule has 0 aliphatic carbocycles. The van der Waals surface area contributed by atoms with Crippen LogP contribution < -0.4 is 10.1 Å². The van der Waals surface area contributed by atoms with E-state index in [-0.39, 0.29) is 11.8 Å². The van der Waals surface area contributed by atoms with E-state index in [4.69, 9.17) is 4.74 Å². The predicted molar refractivity (Wildman–Crippen MR) is 107 cm³/mol. The number of imidazole rings is 1. The standard InChI is InChI=1S/C22H31N3O2/c1-15(2)13-24-22(26)12-18(17-7-5-6-8-20(17)27-4)19-14-23-21-11-16(3)9-10-25(19)21/h5-8,14-16,18H,9-13H2,1-4H3,(H,24,26)/t16-,18+/m0/s1. The molecule has 146 valence electrons. The van der Waals surface area contributed by atoms with Crippen LogP contribution in [-0.2, 0) is 17.8 Å². The Morgan fingerprint density at radius 2 is 2.15 bits per heavy atom. The molecule has 1 aliphatic rings. The SMILES string of the molecule is COc1ccccc1[C@@H](CC(=O)NCC(C)C)c1cnc2n1CC[C@H](C)C2. The Kier molecular flexibility index (Phi) is 6.19. The van der Waals surface area contributed by atoms with Crippen LogP contribution in [0.4, 0.5) is 0 Å². The number of hydrogen-bond donors (Lipinski definition) is 1. The van der Waals surface area contributed by atoms with Crippen LogP contribution in [0.15, 0.2) is 30.5 Å². The van der Waals surface area contributed by atoms with E-state index in [2.05, 4.69) is 41.7 Å². The molecule has 0 saturated heterocycles. The van der Waals surface area contributed by atoms with Crippen molar-refractivity contribution in [3.05, 3.63) is 47.5 Å². The molecule has 1 aliphatic heterocycles. The number of aromatic nitrogens is 2. The van der Waals surface area contributed by atoms with Gasteiger partial charge in [-0.05, 0) is 24.3 Å². The molecule has 0 radical (unpaired) electrons. The Balaban J connectivity index is 1.94. The largest absolute Gasteiger partial charge is 0.496 e. The molecule has 2 heterocycles. The molecule has 1 aromatic carbocycles. The molecule has 2 atom stereocenters. The summed E-state index contributed by atoms with van der Waals surface area (Å²) in [6.07, 6.45) is 4.50. The van der Waals surface area contributed by atoms with Crippen molar-refractivity contribution in [2.24, 2.45) is 11.8 Å². The van der Waals surface area contributed by atoms with Gasteiger partial charge in [0.15, 0.2) is 0 Å². The first kappa shape index (κ1) is 19.5. The van der Waals surface area contributed by atoms with E-state index in [1.807, 2.05) is 24.4 Å². The normalized spacial score (nSPS) is 17.4. The molecule has 5 nitrogen and oxygen atoms in total. The molecule has 3 rings (SSSR count). The second kappa shape index (κ2) is 8.59. The fourth-order valence-electron chi connectivity index (χ4n) is 3.80. The number of para-hydroxylation sites is 1. The highest BCUT2D eigenvalue weighted by molar-refractivity contribution is 5.77. The number of ether oxygens (including phenoxy) is 1. The van der Waals surface area contributed by atoms with Crippen molar-refractivity contribution >= 4 is 5.91 Å². The summed E-state index contributed by atoms with van der Waals surface area (Å²) in [5, 5.41) is 3.06. The summed E-state index contributed by atoms with van der Waals surface area (Å²) in [5.41, 5.74) is 2.15. The van der Waals surface area contributed by atoms with Crippen LogP contribution in [0.2, 0.25) is 0 Å². The third-order valence-corrected chi connectivity index (χ3v) is 5.31. The van der Waals surface area contributed by atoms with E-state index in [0.29, 0.717) is 24.8 Å². The van der Waals surface area contributed by atoms with Gasteiger partial charge in [0, 0.05) is 49.3 Å². The van der Waals surface area contributed by atoms with Crippen molar-refractivity contribution in [2.45, 2.75) is 52.5 Å². The molecule has 0 saturated carbocycles. The molecule has 0 spiro atoms. The zero-order valence-electron chi connectivity index (χ0n) is 16.9. The van der Waals surface area contributed by atoms with Gasteiger partial charge in [0.05, 0.1) is 7.11 Å². The molecule has 1 N–H and O–H groups in total. The molecular weight excluding hydrogens is 338 g/mol. The summed E-state index contributed by atoms with van der Waals surface area (Å²) in [5.74, 6) is 3.04. The lowest BCUT2D eigenvalue weighted by molar-refractivity contribution is -0.121. The van der Waals surface area contributed by atoms with Crippen molar-refractivity contribution in [1.82, 2.24) is 14.9 Å². The summed E-state index contributed by atoms with van der Waals surface area (Å²) < 4.78 is 7.92. The van der Waals surface area contributed by atoms with Gasteiger partial charge < -0.3 is 14.6 Å². The minimum Gasteiger partial charge on any atom is -0.496 e. The van der Waals surface area contributed by atoms with Gasteiger partial charge in [0.1, 0.15) is 11.6 Å². The van der Waals surface area contributed by atoms with Gasteiger partial charge in [-0.25, -0.2) is 4.98 Å². The van der Waals surface area contributed by atoms with Crippen molar-refractivity contribution < 1.29 is 9.53 Å². The van der Waals surface area contributed by atoms with E-state index in [0.717, 1.165) is 42.2 Å². The van der Waals surface area contributed by atoms with Crippen LogP contribution in [0.5, 0.6) is 5.75 Å². The summed E-state index contributed by atoms with van der Waals surface area (Å²) in [6, 6.07) is 7.99. The highest BCUT2D eigenvalue weighted by Crippen LogP contribution is 2.36. The first-order valence-electron chi connectivity index (χ1n) is 9.93. The van der Waals surface area contributed by atoms with Crippen LogP contribution in [0.3, 0.4) is 0 Å². The number of carbonyl (C=O) groups is 1. The van der Waals surface area contributed by atoms with Gasteiger partial charge in [-0.1, -0.05) is 39.0 Å². The van der Waals surface area contributed by atoms with Crippen LogP contribution >= 0.6 is 0 Å². The van der Waals surface area contributed by atoms with E-state index < -0.39 is 0 Å². The van der Waals surface area contributed by atoms with Crippen molar-refractivity contribution in [1.29, 1.82) is 0 Å². The van der Waals surface area contributed by atoms with Crippen molar-refractivity contribution in [2.75, 3.05) is 13.7 Å². The smallest absolute Gasteiger partial charge is 0.221 e. The molecule has 5 heteroatoms. The zero-order valence-corrected chi connectivity index (χ0v) is 16.9. The molecule has 0 fully saturated rings. The van der Waals surface area contributed by atoms with Crippen molar-refractivity contribution in [3.8, 4) is 5.75 Å². The molecular formula is C22H31N3O2. The number of carbonyl (C=O) groups excluding carboxylic acids is 1. The number of nitrogens with one attached hydrogen (secondary N) is 1. The summed E-state index contributed by atoms with van der Waals surface area (Å²) in [4.78, 5) is 17.3. The maximum atomic E-state index is 12.7. The quantitative estimate of drug-likeness (QED) is 0.808. The third kappa shape index (κ3) is 4.52. The van der Waals surface area contributed by atoms with Crippen LogP contribution in [0.25, 0.3) is 0 Å². The summed E-state index contributed by atoms with van der Waals surface area (Å²) in [6.45, 7) is 8.14. The maximum absolute atomic E-state index is 12.7. The Morgan fingerprint density at radius 1 is 1.37 bits per heavy atom. The Bertz CT molecular complexity index is 782. The summed E-state index contributed by atoms with van der Waals surface area (Å²) >= 11 is 0. The summed E-state index contributed by atoms with van der Waals surface area (Å²) in [7, 11) is 1.68. The number of nitrogens with zero attached hydrogens (tertiary/aromatic N) is 2. The lowest BCUT2D eigenvalue weighted by Gasteiger charge is -2.26. The highest BCUT2D eigenvalue weighted by atomic mass is 16.5. The lowest BCUT2D eigenvalue weighted by atomic mass is 9.90. The second-order valence-electron chi connectivity index (χ2n) is 8.05. The maximum Gasteiger partial charge on any atom is 0.221 e. The fourth-order valence-corrected chi connectivity index (χ4v) is 3.80. The number of methoxy groups -OCH3 is 1. The van der Waals surface area contributed by atoms with Crippen LogP contribution in [0, 0.1) is 11.8 Å². The zero-order chi connectivity index (χ0) is 19.4. The minimum absolute atomic E-state index is 0.0667. The first-order valence-corrected chi connectivity index (χ1v) is 9.93. The first-order chi connectivity index (χ1) is 13.0. The number of fused-ring (bicyclic) bond motifs is 1. The average molecular weight is 370 g/mol. The second-order valence-corrected chi connectivity index (χ2v) is 8.05. The minimum atomic E-state index is -0.0667. The van der Waals surface area contributed by atoms with Gasteiger partial charge in [-0.3, -0.25) is 4.79 Å². The molecule has 2 aromatic rings. The lowest BCUT2D eigenvalue weighted by Crippen LogP contribution is -2.29. The van der Waals surface area contributed by atoms with Gasteiger partial charge in [-0.2, -0.15) is 0 Å². The van der Waals surface area contributed by atoms with Gasteiger partial charge in [0.2, 0.25) is 5.91 Å². The molecule has 0 bridgehead atoms. The third-order valence-electron chi connectivity index (χ3n) is 5.31. The number of hydrogen-bond acceptors (Lipinski definition) is 3. The van der Waals surface area contributed by atoms with Crippen LogP contribution in [0.1, 0.15) is 56.6 Å². The van der Waals surface area contributed by atoms with Gasteiger partial charge in [0.25, 0.3) is 0 Å². The molecule has 0 unspecified atom stereocenters. The molecule has 1 amide bonds. The van der Waals surface area contributed by atoms with Crippen molar-refractivity contribution in [3.63, 3.8) is 0 Å². The number of rotatable bonds is 7. The number of amides is 1. The molecule has 1 aromatic heterocycles. The van der Waals surface area contributed by atoms with E-state index in [9.17, 15) is 4.79 Å². The monoisotopic (exact) mass is 369 g/mol. The van der Waals surface area contributed by atoms with Crippen LogP contribution in [-0.4, -0.2) is 29.1 Å². The average Bonchev–Trinajstić information content (AvgIpc) is 3.07. The molecule has 27 heavy (non-hydrogen) atoms. The highest BCUT2D eigenvalue weighted by Gasteiger charge is 2.28. The van der Waals surface area contributed by atoms with E-state index >= 15 is 0 Å². The fraction of sp³-hybridized carbons (Fsp3) is 0.545. The van der Waals surface area contributed by atoms with E-state index in [1.54, 1.807) is 7.11 Å². The Morgan fingerprint density at radius 3 is 2.89 bits per heavy atom. The topological polar surface area (TPSA) is 56.1 Å². The van der Waals surface area contributed by atoms with Gasteiger partial charge >= 0.3 is 0 Å². The Hall–Kier alpha value is -2.30. The van der Waals surface area contributed by atoms with E-state index in [1.165, 1.54) is 0 Å². The number of benzene rings is 1. The predicted octanol–water partition coefficient (Wildman–Crippen LogP) is 3.77. The Labute approximate surface area is 162 Å².